The van der Waals surface area contributed by atoms with E-state index in [2.05, 4.69) is 10.3 Å². The average Bonchev–Trinajstić information content (AvgIpc) is 2.37. The van der Waals surface area contributed by atoms with Crippen LogP contribution in [0, 0.1) is 18.6 Å². The van der Waals surface area contributed by atoms with Gasteiger partial charge in [-0.2, -0.15) is 0 Å². The Morgan fingerprint density at radius 2 is 2.05 bits per heavy atom. The summed E-state index contributed by atoms with van der Waals surface area (Å²) in [6, 6.07) is 6.07. The fourth-order valence-corrected chi connectivity index (χ4v) is 1.73. The SMILES string of the molecule is Cc1cc(C(=O)O)cc(NCc2ccc(F)cc2F)n1. The third kappa shape index (κ3) is 3.28. The summed E-state index contributed by atoms with van der Waals surface area (Å²) in [5, 5.41) is 11.8. The number of rotatable bonds is 4. The normalized spacial score (nSPS) is 10.3. The number of aromatic carboxylic acids is 1. The van der Waals surface area contributed by atoms with Crippen molar-refractivity contribution < 1.29 is 18.7 Å². The molecular formula is C14H12F2N2O2. The molecule has 0 bridgehead atoms. The van der Waals surface area contributed by atoms with Gasteiger partial charge in [0.1, 0.15) is 17.5 Å². The van der Waals surface area contributed by atoms with E-state index in [4.69, 9.17) is 5.11 Å². The lowest BCUT2D eigenvalue weighted by atomic mass is 10.2. The smallest absolute Gasteiger partial charge is 0.335 e. The molecule has 0 aliphatic carbocycles. The van der Waals surface area contributed by atoms with E-state index in [0.717, 1.165) is 12.1 Å². The highest BCUT2D eigenvalue weighted by molar-refractivity contribution is 5.88. The Kier molecular flexibility index (Phi) is 3.93. The third-order valence-corrected chi connectivity index (χ3v) is 2.68. The second-order valence-corrected chi connectivity index (χ2v) is 4.28. The van der Waals surface area contributed by atoms with Gasteiger partial charge >= 0.3 is 5.97 Å². The molecular weight excluding hydrogens is 266 g/mol. The molecule has 0 atom stereocenters. The average molecular weight is 278 g/mol. The van der Waals surface area contributed by atoms with E-state index >= 15 is 0 Å². The Labute approximate surface area is 114 Å². The summed E-state index contributed by atoms with van der Waals surface area (Å²) in [7, 11) is 0. The van der Waals surface area contributed by atoms with Crippen molar-refractivity contribution in [3.05, 3.63) is 58.8 Å². The first kappa shape index (κ1) is 13.9. The van der Waals surface area contributed by atoms with Crippen molar-refractivity contribution in [3.8, 4) is 0 Å². The Morgan fingerprint density at radius 3 is 2.70 bits per heavy atom. The van der Waals surface area contributed by atoms with Gasteiger partial charge in [-0.05, 0) is 25.1 Å². The number of halogens is 2. The van der Waals surface area contributed by atoms with Gasteiger partial charge in [-0.3, -0.25) is 0 Å². The third-order valence-electron chi connectivity index (χ3n) is 2.68. The first-order valence-corrected chi connectivity index (χ1v) is 5.85. The number of hydrogen-bond donors (Lipinski definition) is 2. The maximum Gasteiger partial charge on any atom is 0.335 e. The van der Waals surface area contributed by atoms with Gasteiger partial charge in [0.2, 0.25) is 0 Å². The van der Waals surface area contributed by atoms with E-state index in [1.165, 1.54) is 18.2 Å². The van der Waals surface area contributed by atoms with Gasteiger partial charge in [0.05, 0.1) is 5.56 Å². The van der Waals surface area contributed by atoms with Gasteiger partial charge in [-0.1, -0.05) is 6.07 Å². The molecule has 20 heavy (non-hydrogen) atoms. The monoisotopic (exact) mass is 278 g/mol. The number of carbonyl (C=O) groups is 1. The van der Waals surface area contributed by atoms with Crippen LogP contribution in [-0.4, -0.2) is 16.1 Å². The Balaban J connectivity index is 2.16. The lowest BCUT2D eigenvalue weighted by molar-refractivity contribution is 0.0696. The van der Waals surface area contributed by atoms with Crippen molar-refractivity contribution in [1.29, 1.82) is 0 Å². The van der Waals surface area contributed by atoms with Crippen LogP contribution >= 0.6 is 0 Å². The molecule has 0 spiro atoms. The van der Waals surface area contributed by atoms with Crippen molar-refractivity contribution in [1.82, 2.24) is 4.98 Å². The van der Waals surface area contributed by atoms with Gasteiger partial charge in [-0.15, -0.1) is 0 Å². The zero-order valence-corrected chi connectivity index (χ0v) is 10.7. The molecule has 0 aliphatic rings. The molecule has 0 saturated carbocycles. The summed E-state index contributed by atoms with van der Waals surface area (Å²) in [6.07, 6.45) is 0. The molecule has 1 aromatic carbocycles. The standard InChI is InChI=1S/C14H12F2N2O2/c1-8-4-10(14(19)20)5-13(18-8)17-7-9-2-3-11(15)6-12(9)16/h2-6H,7H2,1H3,(H,17,18)(H,19,20). The van der Waals surface area contributed by atoms with E-state index < -0.39 is 17.6 Å². The maximum atomic E-state index is 13.4. The van der Waals surface area contributed by atoms with Crippen molar-refractivity contribution >= 4 is 11.8 Å². The van der Waals surface area contributed by atoms with E-state index in [0.29, 0.717) is 11.5 Å². The van der Waals surface area contributed by atoms with Crippen molar-refractivity contribution in [3.63, 3.8) is 0 Å². The number of carboxylic acid groups (broad SMARTS) is 1. The van der Waals surface area contributed by atoms with Crippen molar-refractivity contribution in [2.75, 3.05) is 5.32 Å². The second-order valence-electron chi connectivity index (χ2n) is 4.28. The summed E-state index contributed by atoms with van der Waals surface area (Å²) in [5.41, 5.74) is 0.901. The highest BCUT2D eigenvalue weighted by atomic mass is 19.1. The fourth-order valence-electron chi connectivity index (χ4n) is 1.73. The van der Waals surface area contributed by atoms with Crippen LogP contribution in [0.3, 0.4) is 0 Å². The van der Waals surface area contributed by atoms with E-state index in [9.17, 15) is 13.6 Å². The molecule has 0 fully saturated rings. The first-order chi connectivity index (χ1) is 9.45. The lowest BCUT2D eigenvalue weighted by Gasteiger charge is -2.08. The van der Waals surface area contributed by atoms with Crippen LogP contribution in [0.25, 0.3) is 0 Å². The second kappa shape index (κ2) is 5.64. The number of pyridine rings is 1. The van der Waals surface area contributed by atoms with Gasteiger partial charge in [0, 0.05) is 23.9 Å². The molecule has 2 aromatic rings. The number of nitrogens with one attached hydrogen (secondary N) is 1. The van der Waals surface area contributed by atoms with Crippen LogP contribution in [0.4, 0.5) is 14.6 Å². The number of aryl methyl sites for hydroxylation is 1. The van der Waals surface area contributed by atoms with Crippen molar-refractivity contribution in [2.24, 2.45) is 0 Å². The van der Waals surface area contributed by atoms with E-state index in [-0.39, 0.29) is 17.7 Å². The number of aromatic nitrogens is 1. The van der Waals surface area contributed by atoms with Gasteiger partial charge in [0.25, 0.3) is 0 Å². The van der Waals surface area contributed by atoms with Crippen LogP contribution < -0.4 is 5.32 Å². The van der Waals surface area contributed by atoms with Gasteiger partial charge in [-0.25, -0.2) is 18.6 Å². The number of nitrogens with zero attached hydrogens (tertiary/aromatic N) is 1. The molecule has 2 N–H and O–H groups in total. The highest BCUT2D eigenvalue weighted by Crippen LogP contribution is 2.14. The first-order valence-electron chi connectivity index (χ1n) is 5.85. The summed E-state index contributed by atoms with van der Waals surface area (Å²) >= 11 is 0. The molecule has 0 radical (unpaired) electrons. The van der Waals surface area contributed by atoms with Crippen LogP contribution in [0.5, 0.6) is 0 Å². The summed E-state index contributed by atoms with van der Waals surface area (Å²) < 4.78 is 26.2. The van der Waals surface area contributed by atoms with Crippen LogP contribution in [0.2, 0.25) is 0 Å². The Hall–Kier alpha value is -2.50. The predicted molar refractivity (Wildman–Crippen MR) is 69.6 cm³/mol. The van der Waals surface area contributed by atoms with Gasteiger partial charge in [0.15, 0.2) is 0 Å². The van der Waals surface area contributed by atoms with Crippen LogP contribution in [0.1, 0.15) is 21.6 Å². The molecule has 0 aliphatic heterocycles. The minimum Gasteiger partial charge on any atom is -0.478 e. The maximum absolute atomic E-state index is 13.4. The summed E-state index contributed by atoms with van der Waals surface area (Å²) in [4.78, 5) is 15.0. The van der Waals surface area contributed by atoms with Crippen LogP contribution in [0.15, 0.2) is 30.3 Å². The Morgan fingerprint density at radius 1 is 1.30 bits per heavy atom. The summed E-state index contributed by atoms with van der Waals surface area (Å²) in [5.74, 6) is -2.05. The molecule has 1 heterocycles. The fraction of sp³-hybridized carbons (Fsp3) is 0.143. The number of carboxylic acids is 1. The molecule has 0 saturated heterocycles. The molecule has 0 amide bonds. The predicted octanol–water partition coefficient (Wildman–Crippen LogP) is 2.98. The quantitative estimate of drug-likeness (QED) is 0.902. The Bertz CT molecular complexity index is 660. The molecule has 0 unspecified atom stereocenters. The zero-order valence-electron chi connectivity index (χ0n) is 10.7. The minimum absolute atomic E-state index is 0.0849. The number of hydrogen-bond acceptors (Lipinski definition) is 3. The molecule has 2 rings (SSSR count). The van der Waals surface area contributed by atoms with E-state index in [1.807, 2.05) is 0 Å². The van der Waals surface area contributed by atoms with Crippen molar-refractivity contribution in [2.45, 2.75) is 13.5 Å². The molecule has 1 aromatic heterocycles. The largest absolute Gasteiger partial charge is 0.478 e. The molecule has 4 nitrogen and oxygen atoms in total. The minimum atomic E-state index is -1.06. The molecule has 104 valence electrons. The molecule has 6 heteroatoms. The number of benzene rings is 1. The topological polar surface area (TPSA) is 62.2 Å². The highest BCUT2D eigenvalue weighted by Gasteiger charge is 2.08. The number of anilines is 1. The van der Waals surface area contributed by atoms with Gasteiger partial charge < -0.3 is 10.4 Å². The lowest BCUT2D eigenvalue weighted by Crippen LogP contribution is -2.06. The van der Waals surface area contributed by atoms with E-state index in [1.54, 1.807) is 6.92 Å². The summed E-state index contributed by atoms with van der Waals surface area (Å²) in [6.45, 7) is 1.75. The zero-order chi connectivity index (χ0) is 14.7. The van der Waals surface area contributed by atoms with Crippen LogP contribution in [-0.2, 0) is 6.54 Å².